The van der Waals surface area contributed by atoms with Gasteiger partial charge in [-0.2, -0.15) is 0 Å². The average Bonchev–Trinajstić information content (AvgIpc) is 2.74. The molecule has 0 aliphatic carbocycles. The van der Waals surface area contributed by atoms with Gasteiger partial charge in [-0.1, -0.05) is 54.1 Å². The van der Waals surface area contributed by atoms with E-state index >= 15 is 0 Å². The predicted molar refractivity (Wildman–Crippen MR) is 116 cm³/mol. The number of hydrogen-bond donors (Lipinski definition) is 0. The van der Waals surface area contributed by atoms with Gasteiger partial charge in [0.1, 0.15) is 11.3 Å². The molecule has 0 radical (unpaired) electrons. The zero-order valence-electron chi connectivity index (χ0n) is 15.8. The monoisotopic (exact) mass is 403 g/mol. The molecule has 5 rings (SSSR count). The van der Waals surface area contributed by atoms with Crippen LogP contribution in [-0.2, 0) is 6.54 Å². The molecule has 0 atom stereocenters. The van der Waals surface area contributed by atoms with Crippen molar-refractivity contribution >= 4 is 28.3 Å². The number of ether oxygens (including phenoxy) is 1. The number of benzene rings is 3. The highest BCUT2D eigenvalue weighted by Gasteiger charge is 2.25. The molecule has 0 saturated carbocycles. The van der Waals surface area contributed by atoms with Crippen molar-refractivity contribution in [2.45, 2.75) is 13.5 Å². The lowest BCUT2D eigenvalue weighted by molar-refractivity contribution is 0.289. The fourth-order valence-electron chi connectivity index (χ4n) is 3.84. The van der Waals surface area contributed by atoms with Crippen molar-refractivity contribution in [1.29, 1.82) is 0 Å². The summed E-state index contributed by atoms with van der Waals surface area (Å²) in [7, 11) is 0. The largest absolute Gasteiger partial charge is 0.471 e. The van der Waals surface area contributed by atoms with Gasteiger partial charge in [-0.25, -0.2) is 4.79 Å². The molecule has 5 heteroatoms. The van der Waals surface area contributed by atoms with E-state index in [0.29, 0.717) is 29.6 Å². The van der Waals surface area contributed by atoms with Gasteiger partial charge in [0.05, 0.1) is 17.1 Å². The van der Waals surface area contributed by atoms with Gasteiger partial charge in [0.15, 0.2) is 6.73 Å². The maximum absolute atomic E-state index is 12.4. The second-order valence-corrected chi connectivity index (χ2v) is 7.61. The highest BCUT2D eigenvalue weighted by molar-refractivity contribution is 6.33. The summed E-state index contributed by atoms with van der Waals surface area (Å²) >= 11 is 6.58. The Labute approximate surface area is 172 Å². The van der Waals surface area contributed by atoms with Gasteiger partial charge in [0.2, 0.25) is 0 Å². The highest BCUT2D eigenvalue weighted by atomic mass is 35.5. The first-order chi connectivity index (χ1) is 14.1. The standard InChI is InChI=1S/C24H18ClNO3/c1-15-6-5-9-17(10-15)26-13-20-23-19(11-21(25)24(20)28-14-26)18(12-22(27)29-23)16-7-3-2-4-8-16/h2-12H,13-14H2,1H3. The van der Waals surface area contributed by atoms with E-state index in [9.17, 15) is 4.79 Å². The lowest BCUT2D eigenvalue weighted by atomic mass is 9.99. The van der Waals surface area contributed by atoms with Crippen LogP contribution in [0.4, 0.5) is 5.69 Å². The first-order valence-electron chi connectivity index (χ1n) is 9.39. The number of nitrogens with zero attached hydrogens (tertiary/aromatic N) is 1. The van der Waals surface area contributed by atoms with E-state index in [1.807, 2.05) is 48.5 Å². The van der Waals surface area contributed by atoms with E-state index in [1.54, 1.807) is 0 Å². The molecule has 4 aromatic rings. The molecule has 0 fully saturated rings. The van der Waals surface area contributed by atoms with Crippen LogP contribution in [0.2, 0.25) is 5.02 Å². The maximum Gasteiger partial charge on any atom is 0.336 e. The molecular weight excluding hydrogens is 386 g/mol. The fourth-order valence-corrected chi connectivity index (χ4v) is 4.11. The first-order valence-corrected chi connectivity index (χ1v) is 9.77. The molecule has 2 heterocycles. The van der Waals surface area contributed by atoms with Crippen LogP contribution in [0.5, 0.6) is 5.75 Å². The number of aryl methyl sites for hydroxylation is 1. The lowest BCUT2D eigenvalue weighted by Gasteiger charge is -2.31. The Balaban J connectivity index is 1.71. The van der Waals surface area contributed by atoms with Crippen LogP contribution in [0.3, 0.4) is 0 Å². The van der Waals surface area contributed by atoms with Crippen molar-refractivity contribution in [2.24, 2.45) is 0 Å². The van der Waals surface area contributed by atoms with E-state index in [4.69, 9.17) is 20.8 Å². The van der Waals surface area contributed by atoms with E-state index < -0.39 is 5.63 Å². The molecule has 0 saturated heterocycles. The summed E-state index contributed by atoms with van der Waals surface area (Å²) in [5, 5.41) is 1.32. The Hall–Kier alpha value is -3.24. The smallest absolute Gasteiger partial charge is 0.336 e. The van der Waals surface area contributed by atoms with Crippen LogP contribution in [0.1, 0.15) is 11.1 Å². The van der Waals surface area contributed by atoms with Gasteiger partial charge >= 0.3 is 5.63 Å². The Bertz CT molecular complexity index is 1280. The van der Waals surface area contributed by atoms with E-state index in [2.05, 4.69) is 24.0 Å². The van der Waals surface area contributed by atoms with Crippen LogP contribution in [0.25, 0.3) is 22.1 Å². The molecule has 29 heavy (non-hydrogen) atoms. The second kappa shape index (κ2) is 6.98. The normalized spacial score (nSPS) is 13.2. The molecule has 0 N–H and O–H groups in total. The number of halogens is 1. The molecular formula is C24H18ClNO3. The minimum atomic E-state index is -0.395. The van der Waals surface area contributed by atoms with Gasteiger partial charge < -0.3 is 14.1 Å². The number of fused-ring (bicyclic) bond motifs is 3. The molecule has 0 spiro atoms. The Morgan fingerprint density at radius 1 is 1.00 bits per heavy atom. The molecule has 144 valence electrons. The lowest BCUT2D eigenvalue weighted by Crippen LogP contribution is -2.32. The average molecular weight is 404 g/mol. The zero-order chi connectivity index (χ0) is 20.0. The number of anilines is 1. The van der Waals surface area contributed by atoms with E-state index in [-0.39, 0.29) is 0 Å². The third-order valence-electron chi connectivity index (χ3n) is 5.20. The summed E-state index contributed by atoms with van der Waals surface area (Å²) in [4.78, 5) is 14.5. The molecule has 0 amide bonds. The fraction of sp³-hybridized carbons (Fsp3) is 0.125. The van der Waals surface area contributed by atoms with Gasteiger partial charge in [-0.3, -0.25) is 0 Å². The highest BCUT2D eigenvalue weighted by Crippen LogP contribution is 2.42. The van der Waals surface area contributed by atoms with Gasteiger partial charge in [-0.15, -0.1) is 0 Å². The van der Waals surface area contributed by atoms with Crippen molar-refractivity contribution in [3.05, 3.63) is 93.3 Å². The third kappa shape index (κ3) is 3.15. The first kappa shape index (κ1) is 17.8. The molecule has 3 aromatic carbocycles. The maximum atomic E-state index is 12.4. The zero-order valence-corrected chi connectivity index (χ0v) is 16.6. The third-order valence-corrected chi connectivity index (χ3v) is 5.48. The van der Waals surface area contributed by atoms with Crippen LogP contribution < -0.4 is 15.3 Å². The second-order valence-electron chi connectivity index (χ2n) is 7.20. The van der Waals surface area contributed by atoms with Gasteiger partial charge in [-0.05, 0) is 41.8 Å². The van der Waals surface area contributed by atoms with Gasteiger partial charge in [0, 0.05) is 17.1 Å². The van der Waals surface area contributed by atoms with Crippen LogP contribution >= 0.6 is 11.6 Å². The Morgan fingerprint density at radius 2 is 1.83 bits per heavy atom. The van der Waals surface area contributed by atoms with Crippen LogP contribution in [0, 0.1) is 6.92 Å². The SMILES string of the molecule is Cc1cccc(N2COc3c(Cl)cc4c(-c5ccccc5)cc(=O)oc4c3C2)c1. The topological polar surface area (TPSA) is 42.7 Å². The van der Waals surface area contributed by atoms with Crippen LogP contribution in [-0.4, -0.2) is 6.73 Å². The Kier molecular flexibility index (Phi) is 4.29. The summed E-state index contributed by atoms with van der Waals surface area (Å²) in [6.45, 7) is 2.97. The molecule has 0 bridgehead atoms. The molecule has 1 aromatic heterocycles. The summed E-state index contributed by atoms with van der Waals surface area (Å²) in [6.07, 6.45) is 0. The van der Waals surface area contributed by atoms with Crippen molar-refractivity contribution in [3.63, 3.8) is 0 Å². The van der Waals surface area contributed by atoms with Crippen molar-refractivity contribution < 1.29 is 9.15 Å². The summed E-state index contributed by atoms with van der Waals surface area (Å²) in [5.41, 5.74) is 4.87. The molecule has 1 aliphatic heterocycles. The minimum absolute atomic E-state index is 0.379. The summed E-state index contributed by atoms with van der Waals surface area (Å²) < 4.78 is 11.7. The Morgan fingerprint density at radius 3 is 2.62 bits per heavy atom. The molecule has 1 aliphatic rings. The van der Waals surface area contributed by atoms with Gasteiger partial charge in [0.25, 0.3) is 0 Å². The molecule has 0 unspecified atom stereocenters. The number of hydrogen-bond acceptors (Lipinski definition) is 4. The van der Waals surface area contributed by atoms with Crippen molar-refractivity contribution in [3.8, 4) is 16.9 Å². The predicted octanol–water partition coefficient (Wildman–Crippen LogP) is 5.78. The number of rotatable bonds is 2. The van der Waals surface area contributed by atoms with Crippen molar-refractivity contribution in [2.75, 3.05) is 11.6 Å². The summed E-state index contributed by atoms with van der Waals surface area (Å²) in [5.74, 6) is 0.580. The summed E-state index contributed by atoms with van der Waals surface area (Å²) in [6, 6.07) is 21.3. The molecule has 4 nitrogen and oxygen atoms in total. The van der Waals surface area contributed by atoms with E-state index in [1.165, 1.54) is 11.6 Å². The van der Waals surface area contributed by atoms with Crippen LogP contribution in [0.15, 0.2) is 75.9 Å². The minimum Gasteiger partial charge on any atom is -0.471 e. The van der Waals surface area contributed by atoms with E-state index in [0.717, 1.165) is 27.8 Å². The van der Waals surface area contributed by atoms with Crippen molar-refractivity contribution in [1.82, 2.24) is 0 Å². The quantitative estimate of drug-likeness (QED) is 0.398.